The van der Waals surface area contributed by atoms with Crippen molar-refractivity contribution in [3.63, 3.8) is 0 Å². The molecule has 14 heteroatoms. The third-order valence-corrected chi connectivity index (χ3v) is 17.1. The van der Waals surface area contributed by atoms with Gasteiger partial charge in [-0.1, -0.05) is 292 Å². The first-order valence-electron chi connectivity index (χ1n) is 35.8. The first-order chi connectivity index (χ1) is 43.1. The van der Waals surface area contributed by atoms with E-state index in [1.165, 1.54) is 141 Å². The lowest BCUT2D eigenvalue weighted by Crippen LogP contribution is -2.65. The van der Waals surface area contributed by atoms with Gasteiger partial charge in [-0.2, -0.15) is 0 Å². The van der Waals surface area contributed by atoms with Crippen LogP contribution in [0.2, 0.25) is 0 Å². The van der Waals surface area contributed by atoms with Gasteiger partial charge in [0, 0.05) is 6.42 Å². The van der Waals surface area contributed by atoms with Gasteiger partial charge in [0.2, 0.25) is 5.91 Å². The first kappa shape index (κ1) is 81.3. The number of amides is 1. The highest BCUT2D eigenvalue weighted by Gasteiger charge is 2.51. The molecule has 1 amide bonds. The molecule has 2 rings (SSSR count). The molecule has 2 aliphatic heterocycles. The van der Waals surface area contributed by atoms with Crippen LogP contribution in [0.25, 0.3) is 0 Å². The van der Waals surface area contributed by atoms with Gasteiger partial charge in [0.1, 0.15) is 48.8 Å². The van der Waals surface area contributed by atoms with E-state index in [1.54, 1.807) is 0 Å². The summed E-state index contributed by atoms with van der Waals surface area (Å²) in [5.41, 5.74) is 0. The van der Waals surface area contributed by atoms with Crippen molar-refractivity contribution >= 4 is 5.91 Å². The van der Waals surface area contributed by atoms with Crippen LogP contribution in [0.5, 0.6) is 0 Å². The van der Waals surface area contributed by atoms with E-state index in [9.17, 15) is 45.6 Å². The van der Waals surface area contributed by atoms with Crippen molar-refractivity contribution < 1.29 is 64.6 Å². The number of nitrogens with one attached hydrogen (secondary N) is 1. The largest absolute Gasteiger partial charge is 0.394 e. The maximum atomic E-state index is 13.4. The van der Waals surface area contributed by atoms with Crippen molar-refractivity contribution in [2.24, 2.45) is 0 Å². The molecule has 12 unspecified atom stereocenters. The molecule has 0 saturated carbocycles. The van der Waals surface area contributed by atoms with Crippen LogP contribution in [0, 0.1) is 0 Å². The molecule has 0 aromatic rings. The van der Waals surface area contributed by atoms with Gasteiger partial charge in [0.05, 0.1) is 32.0 Å². The average molecular weight is 1240 g/mol. The maximum absolute atomic E-state index is 13.4. The maximum Gasteiger partial charge on any atom is 0.220 e. The number of carbonyl (C=O) groups excluding carboxylic acids is 1. The van der Waals surface area contributed by atoms with Crippen molar-refractivity contribution in [3.8, 4) is 0 Å². The highest BCUT2D eigenvalue weighted by atomic mass is 16.7. The quantitative estimate of drug-likeness (QED) is 0.0204. The second-order valence-electron chi connectivity index (χ2n) is 25.0. The molecule has 0 aromatic heterocycles. The third-order valence-electron chi connectivity index (χ3n) is 17.1. The standard InChI is InChI=1S/C74H131NO13/c1-3-5-7-9-11-13-15-17-19-21-23-25-27-29-30-31-32-34-36-38-40-42-44-46-48-50-52-54-56-58-66(79)75-62(61-85-73-71(84)69(82)72(65(60-77)87-73)88-74-70(83)68(81)67(80)64(59-76)86-74)63(78)57-55-53-51-49-47-45-43-41-39-37-35-33-28-26-24-22-20-18-16-14-12-10-8-6-4-2/h5,7,11,13,17,19,23,25,29-30,32,34,38,40,62-65,67-74,76-78,80-84H,3-4,6,8-10,12,14-16,18,20-22,24,26-28,31,33,35-37,39,41-61H2,1-2H3,(H,75,79)/b7-5-,13-11-,19-17-,25-23-,30-29-,34-32-,40-38-. The van der Waals surface area contributed by atoms with Crippen molar-refractivity contribution in [2.75, 3.05) is 19.8 Å². The normalized spacial score (nSPS) is 23.7. The molecule has 2 saturated heterocycles. The van der Waals surface area contributed by atoms with Crippen LogP contribution in [-0.2, 0) is 23.7 Å². The summed E-state index contributed by atoms with van der Waals surface area (Å²) in [5.74, 6) is -0.218. The number of aliphatic hydroxyl groups excluding tert-OH is 8. The summed E-state index contributed by atoms with van der Waals surface area (Å²) < 4.78 is 22.9. The predicted octanol–water partition coefficient (Wildman–Crippen LogP) is 14.8. The Morgan fingerprint density at radius 1 is 0.420 bits per heavy atom. The van der Waals surface area contributed by atoms with Crippen LogP contribution in [0.3, 0.4) is 0 Å². The van der Waals surface area contributed by atoms with Crippen molar-refractivity contribution in [1.82, 2.24) is 5.32 Å². The molecule has 0 aliphatic carbocycles. The van der Waals surface area contributed by atoms with Crippen molar-refractivity contribution in [1.29, 1.82) is 0 Å². The van der Waals surface area contributed by atoms with E-state index in [0.29, 0.717) is 12.8 Å². The number of hydrogen-bond acceptors (Lipinski definition) is 13. The SMILES string of the molecule is CC/C=C\C/C=C\C/C=C\C/C=C\C/C=C\C/C=C\C/C=C\CCCCCCCCCC(=O)NC(COC1OC(CO)C(OC2OC(CO)C(O)C(O)C2O)C(O)C1O)C(O)CCCCCCCCCCCCCCCCCCCCCCCCCCC. The summed E-state index contributed by atoms with van der Waals surface area (Å²) in [6, 6.07) is -0.842. The summed E-state index contributed by atoms with van der Waals surface area (Å²) in [6.45, 7) is 2.77. The summed E-state index contributed by atoms with van der Waals surface area (Å²) >= 11 is 0. The van der Waals surface area contributed by atoms with Gasteiger partial charge >= 0.3 is 0 Å². The van der Waals surface area contributed by atoms with Crippen molar-refractivity contribution in [3.05, 3.63) is 85.1 Å². The van der Waals surface area contributed by atoms with Crippen LogP contribution in [0.15, 0.2) is 85.1 Å². The minimum absolute atomic E-state index is 0.218. The molecular weight excluding hydrogens is 1110 g/mol. The van der Waals surface area contributed by atoms with E-state index in [0.717, 1.165) is 109 Å². The van der Waals surface area contributed by atoms with Crippen LogP contribution in [-0.4, -0.2) is 140 Å². The fraction of sp³-hybridized carbons (Fsp3) is 0.797. The molecule has 2 heterocycles. The van der Waals surface area contributed by atoms with Crippen LogP contribution in [0.1, 0.15) is 284 Å². The highest BCUT2D eigenvalue weighted by Crippen LogP contribution is 2.30. The molecule has 0 bridgehead atoms. The summed E-state index contributed by atoms with van der Waals surface area (Å²) in [4.78, 5) is 13.4. The number of hydrogen-bond donors (Lipinski definition) is 9. The lowest BCUT2D eigenvalue weighted by Gasteiger charge is -2.46. The molecule has 2 fully saturated rings. The fourth-order valence-corrected chi connectivity index (χ4v) is 11.5. The summed E-state index contributed by atoms with van der Waals surface area (Å²) in [5, 5.41) is 87.7. The number of ether oxygens (including phenoxy) is 4. The minimum atomic E-state index is -1.79. The van der Waals surface area contributed by atoms with Gasteiger partial charge in [-0.15, -0.1) is 0 Å². The second kappa shape index (κ2) is 58.0. The smallest absolute Gasteiger partial charge is 0.220 e. The minimum Gasteiger partial charge on any atom is -0.394 e. The fourth-order valence-electron chi connectivity index (χ4n) is 11.5. The molecule has 2 aliphatic rings. The second-order valence-corrected chi connectivity index (χ2v) is 25.0. The molecule has 88 heavy (non-hydrogen) atoms. The van der Waals surface area contributed by atoms with Gasteiger partial charge in [-0.25, -0.2) is 0 Å². The number of allylic oxidation sites excluding steroid dienone is 14. The van der Waals surface area contributed by atoms with Crippen LogP contribution >= 0.6 is 0 Å². The number of aliphatic hydroxyl groups is 8. The zero-order valence-electron chi connectivity index (χ0n) is 55.4. The summed E-state index contributed by atoms with van der Waals surface area (Å²) in [7, 11) is 0. The summed E-state index contributed by atoms with van der Waals surface area (Å²) in [6.07, 6.45) is 63.0. The van der Waals surface area contributed by atoms with E-state index in [4.69, 9.17) is 18.9 Å². The lowest BCUT2D eigenvalue weighted by atomic mass is 9.97. The molecule has 0 radical (unpaired) electrons. The Kier molecular flexibility index (Phi) is 53.6. The number of unbranched alkanes of at least 4 members (excludes halogenated alkanes) is 31. The highest BCUT2D eigenvalue weighted by molar-refractivity contribution is 5.76. The lowest BCUT2D eigenvalue weighted by molar-refractivity contribution is -0.359. The van der Waals surface area contributed by atoms with Gasteiger partial charge in [0.25, 0.3) is 0 Å². The molecule has 0 aromatic carbocycles. The molecule has 9 N–H and O–H groups in total. The van der Waals surface area contributed by atoms with E-state index < -0.39 is 86.8 Å². The Bertz CT molecular complexity index is 1800. The zero-order valence-corrected chi connectivity index (χ0v) is 55.4. The number of rotatable bonds is 58. The Hall–Kier alpha value is -2.83. The van der Waals surface area contributed by atoms with E-state index in [-0.39, 0.29) is 18.9 Å². The monoisotopic (exact) mass is 1240 g/mol. The molecule has 0 spiro atoms. The first-order valence-corrected chi connectivity index (χ1v) is 35.8. The predicted molar refractivity (Wildman–Crippen MR) is 360 cm³/mol. The van der Waals surface area contributed by atoms with E-state index >= 15 is 0 Å². The Labute approximate surface area is 535 Å². The van der Waals surface area contributed by atoms with Gasteiger partial charge < -0.3 is 65.1 Å². The van der Waals surface area contributed by atoms with Crippen molar-refractivity contribution in [2.45, 2.75) is 357 Å². The van der Waals surface area contributed by atoms with E-state index in [2.05, 4.69) is 104 Å². The molecule has 14 nitrogen and oxygen atoms in total. The van der Waals surface area contributed by atoms with Gasteiger partial charge in [0.15, 0.2) is 12.6 Å². The Morgan fingerprint density at radius 3 is 1.20 bits per heavy atom. The molecule has 510 valence electrons. The van der Waals surface area contributed by atoms with Gasteiger partial charge in [-0.05, 0) is 70.6 Å². The molecule has 12 atom stereocenters. The average Bonchev–Trinajstić information content (AvgIpc) is 2.07. The molecular formula is C74H131NO13. The van der Waals surface area contributed by atoms with Gasteiger partial charge in [-0.3, -0.25) is 4.79 Å². The zero-order chi connectivity index (χ0) is 63.8. The third kappa shape index (κ3) is 41.6. The Morgan fingerprint density at radius 2 is 0.784 bits per heavy atom. The van der Waals surface area contributed by atoms with E-state index in [1.807, 2.05) is 0 Å². The van der Waals surface area contributed by atoms with Crippen LogP contribution < -0.4 is 5.32 Å². The van der Waals surface area contributed by atoms with Crippen LogP contribution in [0.4, 0.5) is 0 Å². The topological polar surface area (TPSA) is 228 Å². The Balaban J connectivity index is 1.68. The number of carbonyl (C=O) groups is 1.